The maximum Gasteiger partial charge on any atom is 0.433 e. The first-order valence-electron chi connectivity index (χ1n) is 10.2. The van der Waals surface area contributed by atoms with E-state index in [0.29, 0.717) is 53.9 Å². The molecule has 0 amide bonds. The Morgan fingerprint density at radius 1 is 0.941 bits per heavy atom. The van der Waals surface area contributed by atoms with Gasteiger partial charge in [-0.3, -0.25) is 0 Å². The number of hydrogen-bond donors (Lipinski definition) is 2. The minimum atomic E-state index is -4.64. The number of ether oxygens (including phenoxy) is 4. The molecule has 10 nitrogen and oxygen atoms in total. The maximum absolute atomic E-state index is 13.0. The molecule has 34 heavy (non-hydrogen) atoms. The summed E-state index contributed by atoms with van der Waals surface area (Å²) in [4.78, 5) is 15.9. The number of rotatable bonds is 11. The Hall–Kier alpha value is -3.45. The summed E-state index contributed by atoms with van der Waals surface area (Å²) in [6.07, 6.45) is -4.64. The molecule has 13 heteroatoms. The molecule has 184 valence electrons. The van der Waals surface area contributed by atoms with Crippen LogP contribution in [-0.4, -0.2) is 60.6 Å². The van der Waals surface area contributed by atoms with E-state index in [4.69, 9.17) is 24.7 Å². The average Bonchev–Trinajstić information content (AvgIpc) is 2.78. The van der Waals surface area contributed by atoms with E-state index in [1.54, 1.807) is 26.2 Å². The minimum Gasteiger partial charge on any atom is -0.493 e. The number of aryl methyl sites for hydroxylation is 1. The third-order valence-electron chi connectivity index (χ3n) is 4.53. The second-order valence-electron chi connectivity index (χ2n) is 7.05. The number of anilines is 2. The number of nitrogens with one attached hydrogen (secondary N) is 1. The van der Waals surface area contributed by atoms with Crippen LogP contribution in [0.2, 0.25) is 0 Å². The Balaban J connectivity index is 1.84. The number of nitrogen functional groups attached to an aromatic ring is 1. The molecule has 3 N–H and O–H groups in total. The van der Waals surface area contributed by atoms with Crippen LogP contribution in [0.15, 0.2) is 18.2 Å². The second kappa shape index (κ2) is 11.1. The van der Waals surface area contributed by atoms with Gasteiger partial charge in [-0.2, -0.15) is 13.2 Å². The summed E-state index contributed by atoms with van der Waals surface area (Å²) in [6.45, 7) is 3.16. The summed E-state index contributed by atoms with van der Waals surface area (Å²) in [7, 11) is 3.10. The van der Waals surface area contributed by atoms with Crippen molar-refractivity contribution in [1.82, 2.24) is 19.9 Å². The van der Waals surface area contributed by atoms with E-state index in [1.165, 1.54) is 7.11 Å². The van der Waals surface area contributed by atoms with Gasteiger partial charge in [0.2, 0.25) is 5.95 Å². The highest BCUT2D eigenvalue weighted by molar-refractivity contribution is 5.91. The van der Waals surface area contributed by atoms with Crippen molar-refractivity contribution < 1.29 is 32.1 Å². The third kappa shape index (κ3) is 6.54. The van der Waals surface area contributed by atoms with E-state index in [0.717, 1.165) is 6.07 Å². The van der Waals surface area contributed by atoms with E-state index in [-0.39, 0.29) is 18.8 Å². The molecule has 0 radical (unpaired) electrons. The first-order valence-corrected chi connectivity index (χ1v) is 10.2. The highest BCUT2D eigenvalue weighted by atomic mass is 19.4. The van der Waals surface area contributed by atoms with Crippen LogP contribution in [0.4, 0.5) is 24.9 Å². The molecule has 0 saturated carbocycles. The molecule has 3 aromatic rings. The molecular weight excluding hydrogens is 457 g/mol. The number of hydrogen-bond acceptors (Lipinski definition) is 10. The monoisotopic (exact) mass is 482 g/mol. The minimum absolute atomic E-state index is 0.0578. The van der Waals surface area contributed by atoms with Gasteiger partial charge in [0.15, 0.2) is 11.5 Å². The summed E-state index contributed by atoms with van der Waals surface area (Å²) in [6, 6.07) is 4.22. The number of aromatic nitrogens is 4. The van der Waals surface area contributed by atoms with Gasteiger partial charge >= 0.3 is 6.18 Å². The van der Waals surface area contributed by atoms with Gasteiger partial charge in [0.1, 0.15) is 23.9 Å². The normalized spacial score (nSPS) is 11.6. The van der Waals surface area contributed by atoms with Crippen molar-refractivity contribution >= 4 is 22.7 Å². The number of nitrogens with zero attached hydrogens (tertiary/aromatic N) is 4. The van der Waals surface area contributed by atoms with Crippen LogP contribution in [0.5, 0.6) is 11.5 Å². The summed E-state index contributed by atoms with van der Waals surface area (Å²) < 4.78 is 60.7. The highest BCUT2D eigenvalue weighted by Gasteiger charge is 2.33. The topological polar surface area (TPSA) is 127 Å². The Morgan fingerprint density at radius 3 is 2.41 bits per heavy atom. The Morgan fingerprint density at radius 2 is 1.71 bits per heavy atom. The number of halogens is 3. The summed E-state index contributed by atoms with van der Waals surface area (Å²) in [5.74, 6) is 1.27. The molecule has 0 atom stereocenters. The zero-order valence-corrected chi connectivity index (χ0v) is 18.9. The highest BCUT2D eigenvalue weighted by Crippen LogP contribution is 2.34. The van der Waals surface area contributed by atoms with Crippen molar-refractivity contribution in [3.63, 3.8) is 0 Å². The number of benzene rings is 1. The molecule has 0 fully saturated rings. The van der Waals surface area contributed by atoms with E-state index in [2.05, 4.69) is 25.3 Å². The largest absolute Gasteiger partial charge is 0.493 e. The lowest BCUT2D eigenvalue weighted by Gasteiger charge is -2.15. The number of fused-ring (bicyclic) bond motifs is 1. The van der Waals surface area contributed by atoms with Crippen molar-refractivity contribution in [2.24, 2.45) is 0 Å². The molecular formula is C21H25F3N6O4. The van der Waals surface area contributed by atoms with Crippen molar-refractivity contribution in [3.8, 4) is 11.5 Å². The molecule has 0 aliphatic heterocycles. The molecule has 0 saturated heterocycles. The van der Waals surface area contributed by atoms with Gasteiger partial charge in [-0.25, -0.2) is 19.9 Å². The first kappa shape index (κ1) is 25.2. The molecule has 0 unspecified atom stereocenters. The van der Waals surface area contributed by atoms with Gasteiger partial charge in [0.25, 0.3) is 0 Å². The van der Waals surface area contributed by atoms with Crippen molar-refractivity contribution in [2.75, 3.05) is 51.7 Å². The fourth-order valence-corrected chi connectivity index (χ4v) is 3.04. The molecule has 0 aliphatic carbocycles. The van der Waals surface area contributed by atoms with Crippen LogP contribution in [0.3, 0.4) is 0 Å². The zero-order chi connectivity index (χ0) is 24.7. The summed E-state index contributed by atoms with van der Waals surface area (Å²) in [5.41, 5.74) is 4.96. The number of methoxy groups -OCH3 is 2. The maximum atomic E-state index is 13.0. The standard InChI is InChI=1S/C21H25F3N6O4/c1-12-27-15-10-16(32-3)17(34-7-6-33-5-4-31-2)9-14(15)19(28-12)26-11-13-8-18(21(22,23)24)30-20(25)29-13/h8-10H,4-7,11H2,1-3H3,(H2,25,29,30)(H,26,27,28). The SMILES string of the molecule is COCCOCCOc1cc2c(NCc3cc(C(F)(F)F)nc(N)n3)nc(C)nc2cc1OC. The van der Waals surface area contributed by atoms with E-state index in [1.807, 2.05) is 0 Å². The lowest BCUT2D eigenvalue weighted by Crippen LogP contribution is -2.14. The van der Waals surface area contributed by atoms with Crippen molar-refractivity contribution in [1.29, 1.82) is 0 Å². The third-order valence-corrected chi connectivity index (χ3v) is 4.53. The van der Waals surface area contributed by atoms with E-state index >= 15 is 0 Å². The lowest BCUT2D eigenvalue weighted by molar-refractivity contribution is -0.141. The number of nitrogens with two attached hydrogens (primary N) is 1. The Kier molecular flexibility index (Phi) is 8.23. The van der Waals surface area contributed by atoms with Crippen LogP contribution >= 0.6 is 0 Å². The summed E-state index contributed by atoms with van der Waals surface area (Å²) in [5, 5.41) is 3.59. The molecule has 0 aliphatic rings. The molecule has 1 aromatic carbocycles. The molecule has 3 rings (SSSR count). The van der Waals surface area contributed by atoms with Gasteiger partial charge < -0.3 is 30.0 Å². The van der Waals surface area contributed by atoms with Crippen LogP contribution in [0.25, 0.3) is 10.9 Å². The van der Waals surface area contributed by atoms with E-state index in [9.17, 15) is 13.2 Å². The zero-order valence-electron chi connectivity index (χ0n) is 18.9. The molecule has 0 spiro atoms. The van der Waals surface area contributed by atoms with Crippen LogP contribution in [0.1, 0.15) is 17.2 Å². The predicted octanol–water partition coefficient (Wildman–Crippen LogP) is 2.99. The van der Waals surface area contributed by atoms with Crippen molar-refractivity contribution in [3.05, 3.63) is 35.4 Å². The van der Waals surface area contributed by atoms with Crippen molar-refractivity contribution in [2.45, 2.75) is 19.6 Å². The molecule has 2 heterocycles. The van der Waals surface area contributed by atoms with Gasteiger partial charge in [-0.05, 0) is 19.1 Å². The van der Waals surface area contributed by atoms with E-state index < -0.39 is 17.8 Å². The van der Waals surface area contributed by atoms with Gasteiger partial charge in [0.05, 0.1) is 44.7 Å². The fourth-order valence-electron chi connectivity index (χ4n) is 3.04. The first-order chi connectivity index (χ1) is 16.2. The average molecular weight is 482 g/mol. The molecule has 0 bridgehead atoms. The van der Waals surface area contributed by atoms with Gasteiger partial charge in [-0.15, -0.1) is 0 Å². The fraction of sp³-hybridized carbons (Fsp3) is 0.429. The Bertz CT molecular complexity index is 1130. The van der Waals surface area contributed by atoms with Crippen LogP contribution in [0, 0.1) is 6.92 Å². The van der Waals surface area contributed by atoms with Gasteiger partial charge in [-0.1, -0.05) is 0 Å². The lowest BCUT2D eigenvalue weighted by atomic mass is 10.2. The Labute approximate surface area is 193 Å². The van der Waals surface area contributed by atoms with Gasteiger partial charge in [0, 0.05) is 18.6 Å². The van der Waals surface area contributed by atoms with Crippen LogP contribution in [-0.2, 0) is 22.2 Å². The quantitative estimate of drug-likeness (QED) is 0.394. The predicted molar refractivity (Wildman–Crippen MR) is 118 cm³/mol. The molecule has 2 aromatic heterocycles. The van der Waals surface area contributed by atoms with Crippen LogP contribution < -0.4 is 20.5 Å². The second-order valence-corrected chi connectivity index (χ2v) is 7.05. The summed E-state index contributed by atoms with van der Waals surface area (Å²) >= 11 is 0. The number of alkyl halides is 3. The smallest absolute Gasteiger partial charge is 0.433 e.